The average Bonchev–Trinajstić information content (AvgIpc) is 2.98. The van der Waals surface area contributed by atoms with E-state index in [9.17, 15) is 18.0 Å². The number of allylic oxidation sites excluding steroid dienone is 2. The zero-order chi connectivity index (χ0) is 16.7. The Morgan fingerprint density at radius 2 is 1.96 bits per heavy atom. The van der Waals surface area contributed by atoms with Crippen molar-refractivity contribution in [2.24, 2.45) is 11.3 Å². The van der Waals surface area contributed by atoms with E-state index in [0.29, 0.717) is 36.8 Å². The molecule has 122 valence electrons. The highest BCUT2D eigenvalue weighted by Crippen LogP contribution is 2.65. The molecule has 2 bridgehead atoms. The third-order valence-electron chi connectivity index (χ3n) is 5.54. The van der Waals surface area contributed by atoms with E-state index in [4.69, 9.17) is 23.1 Å². The van der Waals surface area contributed by atoms with Gasteiger partial charge in [-0.25, -0.2) is 0 Å². The zero-order valence-electron chi connectivity index (χ0n) is 12.1. The molecule has 3 aliphatic rings. The van der Waals surface area contributed by atoms with Gasteiger partial charge < -0.3 is 11.5 Å². The van der Waals surface area contributed by atoms with Crippen LogP contribution in [0.15, 0.2) is 11.6 Å². The van der Waals surface area contributed by atoms with E-state index >= 15 is 0 Å². The smallest absolute Gasteiger partial charge is 0.397 e. The molecule has 3 aliphatic carbocycles. The van der Waals surface area contributed by atoms with Gasteiger partial charge in [-0.15, -0.1) is 0 Å². The summed E-state index contributed by atoms with van der Waals surface area (Å²) in [5.74, 6) is -1.33. The van der Waals surface area contributed by atoms with Crippen molar-refractivity contribution in [1.29, 1.82) is 0 Å². The standard InChI is InChI=1S/C16H14ClF3N2O/c17-9-3-7-8(12(21)13(9)22)5-15-2-1-6(4-15)14(23)11(10(7)15)16(18,19)20/h3,6H,1-2,4-5,21-22H2/t6-,15-/m1/s1. The molecule has 0 heterocycles. The molecule has 3 nitrogen and oxygen atoms in total. The number of nitrogen functional groups attached to an aromatic ring is 2. The lowest BCUT2D eigenvalue weighted by atomic mass is 9.71. The van der Waals surface area contributed by atoms with Crippen molar-refractivity contribution in [3.63, 3.8) is 0 Å². The third kappa shape index (κ3) is 1.75. The average molecular weight is 343 g/mol. The van der Waals surface area contributed by atoms with Crippen molar-refractivity contribution in [2.75, 3.05) is 11.5 Å². The minimum Gasteiger partial charge on any atom is -0.397 e. The van der Waals surface area contributed by atoms with E-state index in [1.165, 1.54) is 6.07 Å². The van der Waals surface area contributed by atoms with Crippen molar-refractivity contribution >= 4 is 34.3 Å². The molecular weight excluding hydrogens is 329 g/mol. The van der Waals surface area contributed by atoms with Crippen LogP contribution in [0.4, 0.5) is 24.5 Å². The van der Waals surface area contributed by atoms with Gasteiger partial charge in [0, 0.05) is 11.3 Å². The summed E-state index contributed by atoms with van der Waals surface area (Å²) in [6.45, 7) is 0. The number of ketones is 1. The van der Waals surface area contributed by atoms with Gasteiger partial charge in [0.1, 0.15) is 5.57 Å². The number of halogens is 4. The lowest BCUT2D eigenvalue weighted by Gasteiger charge is -2.33. The molecule has 0 unspecified atom stereocenters. The maximum absolute atomic E-state index is 13.6. The molecule has 1 spiro atoms. The van der Waals surface area contributed by atoms with Crippen molar-refractivity contribution < 1.29 is 18.0 Å². The molecule has 0 aliphatic heterocycles. The highest BCUT2D eigenvalue weighted by atomic mass is 35.5. The van der Waals surface area contributed by atoms with Gasteiger partial charge in [0.25, 0.3) is 0 Å². The summed E-state index contributed by atoms with van der Waals surface area (Å²) in [5.41, 5.74) is 11.6. The fraction of sp³-hybridized carbons (Fsp3) is 0.438. The van der Waals surface area contributed by atoms with Crippen LogP contribution >= 0.6 is 11.6 Å². The molecule has 1 fully saturated rings. The summed E-state index contributed by atoms with van der Waals surface area (Å²) in [6.07, 6.45) is -2.78. The van der Waals surface area contributed by atoms with Crippen LogP contribution in [-0.2, 0) is 11.2 Å². The molecule has 4 N–H and O–H groups in total. The maximum atomic E-state index is 13.6. The highest BCUT2D eigenvalue weighted by molar-refractivity contribution is 6.34. The summed E-state index contributed by atoms with van der Waals surface area (Å²) >= 11 is 6.03. The lowest BCUT2D eigenvalue weighted by Crippen LogP contribution is -2.34. The highest BCUT2D eigenvalue weighted by Gasteiger charge is 2.59. The van der Waals surface area contributed by atoms with Gasteiger partial charge in [-0.2, -0.15) is 13.2 Å². The first kappa shape index (κ1) is 14.9. The number of anilines is 2. The number of nitrogens with two attached hydrogens (primary N) is 2. The lowest BCUT2D eigenvalue weighted by molar-refractivity contribution is -0.132. The minimum absolute atomic E-state index is 0.0901. The van der Waals surface area contributed by atoms with E-state index in [-0.39, 0.29) is 22.0 Å². The van der Waals surface area contributed by atoms with Crippen LogP contribution in [-0.4, -0.2) is 12.0 Å². The predicted octanol–water partition coefficient (Wildman–Crippen LogP) is 3.75. The van der Waals surface area contributed by atoms with Gasteiger partial charge in [0.05, 0.1) is 16.4 Å². The van der Waals surface area contributed by atoms with Crippen LogP contribution < -0.4 is 11.5 Å². The maximum Gasteiger partial charge on any atom is 0.420 e. The summed E-state index contributed by atoms with van der Waals surface area (Å²) in [7, 11) is 0. The van der Waals surface area contributed by atoms with Crippen molar-refractivity contribution in [1.82, 2.24) is 0 Å². The number of fused-ring (bicyclic) bond motifs is 3. The molecule has 1 aromatic carbocycles. The Kier molecular flexibility index (Phi) is 2.74. The minimum atomic E-state index is -4.68. The van der Waals surface area contributed by atoms with Crippen LogP contribution in [0.2, 0.25) is 5.02 Å². The molecular formula is C16H14ClF3N2O. The van der Waals surface area contributed by atoms with Crippen LogP contribution in [0.1, 0.15) is 30.4 Å². The van der Waals surface area contributed by atoms with Gasteiger partial charge in [-0.05, 0) is 48.4 Å². The SMILES string of the molecule is Nc1c(Cl)cc2c(c1N)C[C@@]13CC[C@H](C1)C(=O)C(C(F)(F)F)=C23. The number of benzene rings is 1. The Morgan fingerprint density at radius 1 is 1.26 bits per heavy atom. The number of carbonyl (C=O) groups is 1. The van der Waals surface area contributed by atoms with Gasteiger partial charge in [0.2, 0.25) is 0 Å². The molecule has 1 aromatic rings. The summed E-state index contributed by atoms with van der Waals surface area (Å²) < 4.78 is 40.8. The monoisotopic (exact) mass is 342 g/mol. The summed E-state index contributed by atoms with van der Waals surface area (Å²) in [6, 6.07) is 1.43. The third-order valence-corrected chi connectivity index (χ3v) is 5.86. The van der Waals surface area contributed by atoms with E-state index in [0.717, 1.165) is 0 Å². The van der Waals surface area contributed by atoms with Gasteiger partial charge >= 0.3 is 6.18 Å². The zero-order valence-corrected chi connectivity index (χ0v) is 12.8. The van der Waals surface area contributed by atoms with E-state index < -0.39 is 28.9 Å². The summed E-state index contributed by atoms with van der Waals surface area (Å²) in [4.78, 5) is 12.3. The fourth-order valence-corrected chi connectivity index (χ4v) is 4.81. The number of alkyl halides is 3. The Hall–Kier alpha value is -1.69. The molecule has 1 saturated carbocycles. The molecule has 0 amide bonds. The largest absolute Gasteiger partial charge is 0.420 e. The topological polar surface area (TPSA) is 69.1 Å². The Labute approximate surface area is 135 Å². The molecule has 23 heavy (non-hydrogen) atoms. The quantitative estimate of drug-likeness (QED) is 0.705. The van der Waals surface area contributed by atoms with Crippen LogP contribution in [0.5, 0.6) is 0 Å². The van der Waals surface area contributed by atoms with Gasteiger partial charge in [-0.1, -0.05) is 11.6 Å². The first-order valence-electron chi connectivity index (χ1n) is 7.38. The van der Waals surface area contributed by atoms with Crippen molar-refractivity contribution in [3.05, 3.63) is 27.8 Å². The second kappa shape index (κ2) is 4.23. The first-order chi connectivity index (χ1) is 10.7. The van der Waals surface area contributed by atoms with E-state index in [2.05, 4.69) is 0 Å². The van der Waals surface area contributed by atoms with Crippen LogP contribution in [0.3, 0.4) is 0 Å². The van der Waals surface area contributed by atoms with Crippen molar-refractivity contribution in [3.8, 4) is 0 Å². The molecule has 0 saturated heterocycles. The van der Waals surface area contributed by atoms with Gasteiger partial charge in [0.15, 0.2) is 5.78 Å². The summed E-state index contributed by atoms with van der Waals surface area (Å²) in [5, 5.41) is 0.125. The van der Waals surface area contributed by atoms with E-state index in [1.807, 2.05) is 0 Å². The Bertz CT molecular complexity index is 799. The molecule has 2 atom stereocenters. The number of carbonyl (C=O) groups excluding carboxylic acids is 1. The van der Waals surface area contributed by atoms with E-state index in [1.54, 1.807) is 0 Å². The molecule has 0 aromatic heterocycles. The molecule has 0 radical (unpaired) electrons. The Morgan fingerprint density at radius 3 is 2.61 bits per heavy atom. The van der Waals surface area contributed by atoms with Gasteiger partial charge in [-0.3, -0.25) is 4.79 Å². The first-order valence-corrected chi connectivity index (χ1v) is 7.76. The molecule has 4 rings (SSSR count). The predicted molar refractivity (Wildman–Crippen MR) is 81.7 cm³/mol. The second-order valence-electron chi connectivity index (χ2n) is 6.72. The second-order valence-corrected chi connectivity index (χ2v) is 7.13. The van der Waals surface area contributed by atoms with Crippen molar-refractivity contribution in [2.45, 2.75) is 31.9 Å². The molecule has 7 heteroatoms. The number of rotatable bonds is 0. The number of Topliss-reactive ketones (excluding diaryl/α,β-unsaturated/α-hetero) is 1. The number of hydrogen-bond acceptors (Lipinski definition) is 3. The number of hydrogen-bond donors (Lipinski definition) is 2. The van der Waals surface area contributed by atoms with Crippen LogP contribution in [0.25, 0.3) is 5.57 Å². The van der Waals surface area contributed by atoms with Crippen LogP contribution in [0, 0.1) is 11.3 Å². The Balaban J connectivity index is 2.09. The fourth-order valence-electron chi connectivity index (χ4n) is 4.60. The normalized spacial score (nSPS) is 29.0.